The maximum absolute atomic E-state index is 9.86. The first-order valence-electron chi connectivity index (χ1n) is 2.59. The van der Waals surface area contributed by atoms with Crippen molar-refractivity contribution >= 4 is 6.09 Å². The van der Waals surface area contributed by atoms with Crippen molar-refractivity contribution in [2.75, 3.05) is 0 Å². The number of amides is 1. The molecule has 1 radical (unpaired) electrons. The molecule has 0 aromatic heterocycles. The minimum Gasteiger partial charge on any atom is -0.445 e. The fourth-order valence-electron chi connectivity index (χ4n) is 0.266. The van der Waals surface area contributed by atoms with Crippen LogP contribution in [0.2, 0.25) is 0 Å². The highest BCUT2D eigenvalue weighted by Crippen LogP contribution is 1.94. The maximum Gasteiger partial charge on any atom is 0.426 e. The molecule has 0 saturated carbocycles. The van der Waals surface area contributed by atoms with E-state index in [9.17, 15) is 4.79 Å². The molecule has 1 amide bonds. The quantitative estimate of drug-likeness (QED) is 0.544. The lowest BCUT2D eigenvalue weighted by atomic mass is 10.3. The summed E-state index contributed by atoms with van der Waals surface area (Å²) >= 11 is 0. The summed E-state index contributed by atoms with van der Waals surface area (Å²) in [4.78, 5) is 9.86. The average molecular weight is 116 g/mol. The number of ether oxygens (including phenoxy) is 1. The lowest BCUT2D eigenvalue weighted by molar-refractivity contribution is 0.112. The van der Waals surface area contributed by atoms with Crippen molar-refractivity contribution in [3.05, 3.63) is 0 Å². The highest BCUT2D eigenvalue weighted by Gasteiger charge is 2.00. The van der Waals surface area contributed by atoms with Gasteiger partial charge in [-0.25, -0.2) is 10.5 Å². The second-order valence-corrected chi connectivity index (χ2v) is 1.62. The highest BCUT2D eigenvalue weighted by atomic mass is 16.6. The molecular weight excluding hydrogens is 106 g/mol. The van der Waals surface area contributed by atoms with Crippen LogP contribution in [0.3, 0.4) is 0 Å². The van der Waals surface area contributed by atoms with Gasteiger partial charge in [0, 0.05) is 0 Å². The van der Waals surface area contributed by atoms with Crippen LogP contribution in [-0.2, 0) is 4.74 Å². The second-order valence-electron chi connectivity index (χ2n) is 1.62. The first kappa shape index (κ1) is 7.27. The summed E-state index contributed by atoms with van der Waals surface area (Å²) in [7, 11) is 0. The van der Waals surface area contributed by atoms with Crippen LogP contribution in [0.1, 0.15) is 20.3 Å². The van der Waals surface area contributed by atoms with Crippen LogP contribution in [0.25, 0.3) is 0 Å². The van der Waals surface area contributed by atoms with E-state index in [-0.39, 0.29) is 6.10 Å². The molecule has 0 aliphatic heterocycles. The fourth-order valence-corrected chi connectivity index (χ4v) is 0.266. The third kappa shape index (κ3) is 3.46. The summed E-state index contributed by atoms with van der Waals surface area (Å²) in [6.07, 6.45) is -0.288. The molecule has 0 aromatic carbocycles. The number of carbonyl (C=O) groups excluding carboxylic acids is 1. The zero-order chi connectivity index (χ0) is 6.57. The van der Waals surface area contributed by atoms with Gasteiger partial charge in [-0.3, -0.25) is 0 Å². The highest BCUT2D eigenvalue weighted by molar-refractivity contribution is 5.63. The van der Waals surface area contributed by atoms with Crippen LogP contribution >= 0.6 is 0 Å². The molecule has 0 aliphatic rings. The maximum atomic E-state index is 9.86. The van der Waals surface area contributed by atoms with Crippen molar-refractivity contribution in [1.82, 2.24) is 5.73 Å². The van der Waals surface area contributed by atoms with E-state index in [4.69, 9.17) is 5.73 Å². The first-order chi connectivity index (χ1) is 3.66. The zero-order valence-electron chi connectivity index (χ0n) is 5.10. The van der Waals surface area contributed by atoms with Crippen LogP contribution in [0, 0.1) is 0 Å². The van der Waals surface area contributed by atoms with Gasteiger partial charge in [-0.2, -0.15) is 0 Å². The summed E-state index contributed by atoms with van der Waals surface area (Å²) in [6.45, 7) is 3.65. The molecule has 1 atom stereocenters. The van der Waals surface area contributed by atoms with Gasteiger partial charge in [0.2, 0.25) is 0 Å². The summed E-state index contributed by atoms with van der Waals surface area (Å²) in [6, 6.07) is 0. The van der Waals surface area contributed by atoms with Gasteiger partial charge in [0.25, 0.3) is 0 Å². The van der Waals surface area contributed by atoms with Crippen molar-refractivity contribution in [1.29, 1.82) is 0 Å². The molecular formula is C5H10NO2. The van der Waals surface area contributed by atoms with Crippen molar-refractivity contribution in [2.24, 2.45) is 0 Å². The SMILES string of the molecule is CC[C@@H](C)OC([NH])=O. The number of rotatable bonds is 2. The number of nitrogens with one attached hydrogen (secondary N) is 1. The molecule has 0 unspecified atom stereocenters. The molecule has 0 aliphatic carbocycles. The molecule has 8 heavy (non-hydrogen) atoms. The molecule has 0 aromatic rings. The van der Waals surface area contributed by atoms with E-state index >= 15 is 0 Å². The summed E-state index contributed by atoms with van der Waals surface area (Å²) < 4.78 is 4.43. The van der Waals surface area contributed by atoms with Crippen molar-refractivity contribution in [3.8, 4) is 0 Å². The molecule has 47 valence electrons. The van der Waals surface area contributed by atoms with Gasteiger partial charge in [-0.15, -0.1) is 0 Å². The summed E-state index contributed by atoms with van der Waals surface area (Å²) in [5.74, 6) is 0. The van der Waals surface area contributed by atoms with E-state index in [0.29, 0.717) is 0 Å². The Balaban J connectivity index is 3.24. The Morgan fingerprint density at radius 1 is 1.88 bits per heavy atom. The number of carbonyl (C=O) groups is 1. The zero-order valence-corrected chi connectivity index (χ0v) is 5.10. The molecule has 0 rings (SSSR count). The smallest absolute Gasteiger partial charge is 0.426 e. The standard InChI is InChI=1S/C5H10NO2/c1-3-4(2)8-5(6)7/h4,6H,3H2,1-2H3/t4-/m1/s1. The van der Waals surface area contributed by atoms with Crippen LogP contribution in [-0.4, -0.2) is 12.2 Å². The van der Waals surface area contributed by atoms with E-state index in [1.165, 1.54) is 0 Å². The van der Waals surface area contributed by atoms with Gasteiger partial charge in [0.05, 0.1) is 0 Å². The third-order valence-corrected chi connectivity index (χ3v) is 0.883. The predicted molar refractivity (Wildman–Crippen MR) is 29.3 cm³/mol. The lowest BCUT2D eigenvalue weighted by Gasteiger charge is -2.05. The summed E-state index contributed by atoms with van der Waals surface area (Å²) in [5, 5.41) is 0. The van der Waals surface area contributed by atoms with E-state index in [2.05, 4.69) is 4.74 Å². The fraction of sp³-hybridized carbons (Fsp3) is 0.800. The van der Waals surface area contributed by atoms with Gasteiger partial charge < -0.3 is 4.74 Å². The van der Waals surface area contributed by atoms with Crippen LogP contribution in [0.15, 0.2) is 0 Å². The average Bonchev–Trinajstić information content (AvgIpc) is 1.65. The Labute approximate surface area is 48.8 Å². The lowest BCUT2D eigenvalue weighted by Crippen LogP contribution is -2.12. The van der Waals surface area contributed by atoms with Gasteiger partial charge >= 0.3 is 6.09 Å². The normalized spacial score (nSPS) is 12.8. The monoisotopic (exact) mass is 116 g/mol. The molecule has 0 bridgehead atoms. The summed E-state index contributed by atoms with van der Waals surface area (Å²) in [5.41, 5.74) is 6.35. The first-order valence-corrected chi connectivity index (χ1v) is 2.59. The van der Waals surface area contributed by atoms with E-state index < -0.39 is 6.09 Å². The molecule has 3 heteroatoms. The Hall–Kier alpha value is -0.730. The van der Waals surface area contributed by atoms with Crippen LogP contribution in [0.5, 0.6) is 0 Å². The second kappa shape index (κ2) is 3.29. The molecule has 0 saturated heterocycles. The van der Waals surface area contributed by atoms with Crippen LogP contribution < -0.4 is 5.73 Å². The molecule has 0 fully saturated rings. The Bertz CT molecular complexity index is 82.5. The van der Waals surface area contributed by atoms with Crippen molar-refractivity contribution < 1.29 is 9.53 Å². The Morgan fingerprint density at radius 2 is 2.38 bits per heavy atom. The van der Waals surface area contributed by atoms with Crippen LogP contribution in [0.4, 0.5) is 4.79 Å². The molecule has 0 heterocycles. The number of hydrogen-bond acceptors (Lipinski definition) is 2. The van der Waals surface area contributed by atoms with Gasteiger partial charge in [-0.1, -0.05) is 6.92 Å². The van der Waals surface area contributed by atoms with Crippen molar-refractivity contribution in [3.63, 3.8) is 0 Å². The Kier molecular flexibility index (Phi) is 2.99. The minimum atomic E-state index is -0.945. The Morgan fingerprint density at radius 3 is 2.50 bits per heavy atom. The van der Waals surface area contributed by atoms with Gasteiger partial charge in [-0.05, 0) is 13.3 Å². The van der Waals surface area contributed by atoms with Gasteiger partial charge in [0.15, 0.2) is 0 Å². The third-order valence-electron chi connectivity index (χ3n) is 0.883. The predicted octanol–water partition coefficient (Wildman–Crippen LogP) is 1.20. The van der Waals surface area contributed by atoms with E-state index in [1.54, 1.807) is 6.92 Å². The topological polar surface area (TPSA) is 50.1 Å². The molecule has 1 N–H and O–H groups in total. The van der Waals surface area contributed by atoms with E-state index in [0.717, 1.165) is 6.42 Å². The number of hydrogen-bond donors (Lipinski definition) is 0. The van der Waals surface area contributed by atoms with Gasteiger partial charge in [0.1, 0.15) is 6.10 Å². The van der Waals surface area contributed by atoms with Crippen molar-refractivity contribution in [2.45, 2.75) is 26.4 Å². The van der Waals surface area contributed by atoms with E-state index in [1.807, 2.05) is 6.92 Å². The molecule has 0 spiro atoms. The largest absolute Gasteiger partial charge is 0.445 e. The molecule has 3 nitrogen and oxygen atoms in total. The minimum absolute atomic E-state index is 0.111.